The van der Waals surface area contributed by atoms with Gasteiger partial charge in [-0.2, -0.15) is 20.1 Å². The van der Waals surface area contributed by atoms with Crippen molar-refractivity contribution in [2.75, 3.05) is 16.1 Å². The van der Waals surface area contributed by atoms with E-state index in [0.29, 0.717) is 23.6 Å². The predicted molar refractivity (Wildman–Crippen MR) is 132 cm³/mol. The second-order valence-corrected chi connectivity index (χ2v) is 8.56. The Morgan fingerprint density at radius 3 is 2.45 bits per heavy atom. The van der Waals surface area contributed by atoms with Crippen molar-refractivity contribution in [3.8, 4) is 0 Å². The van der Waals surface area contributed by atoms with Gasteiger partial charge < -0.3 is 10.6 Å². The third kappa shape index (κ3) is 6.69. The van der Waals surface area contributed by atoms with Gasteiger partial charge >= 0.3 is 0 Å². The van der Waals surface area contributed by atoms with E-state index < -0.39 is 4.92 Å². The minimum absolute atomic E-state index is 0.0140. The molecule has 4 rings (SSSR count). The molecule has 1 saturated carbocycles. The first-order chi connectivity index (χ1) is 16.0. The highest BCUT2D eigenvalue weighted by Gasteiger charge is 2.16. The van der Waals surface area contributed by atoms with Crippen molar-refractivity contribution in [2.24, 2.45) is 5.10 Å². The average Bonchev–Trinajstić information content (AvgIpc) is 2.80. The van der Waals surface area contributed by atoms with Crippen LogP contribution in [-0.2, 0) is 0 Å². The van der Waals surface area contributed by atoms with Gasteiger partial charge in [0.25, 0.3) is 5.69 Å². The van der Waals surface area contributed by atoms with Crippen molar-refractivity contribution in [3.63, 3.8) is 0 Å². The molecule has 0 spiro atoms. The number of non-ortho nitro benzene ring substituents is 1. The molecule has 0 aliphatic heterocycles. The molecule has 2 aromatic carbocycles. The molecule has 33 heavy (non-hydrogen) atoms. The first-order valence-electron chi connectivity index (χ1n) is 10.6. The monoisotopic (exact) mass is 510 g/mol. The highest BCUT2D eigenvalue weighted by molar-refractivity contribution is 9.10. The van der Waals surface area contributed by atoms with Gasteiger partial charge in [-0.05, 0) is 42.7 Å². The number of hydrogen-bond donors (Lipinski definition) is 3. The number of hydrogen-bond acceptors (Lipinski definition) is 9. The van der Waals surface area contributed by atoms with Gasteiger partial charge in [0.05, 0.1) is 11.1 Å². The van der Waals surface area contributed by atoms with Crippen molar-refractivity contribution in [1.82, 2.24) is 15.0 Å². The number of nitro benzene ring substituents is 1. The summed E-state index contributed by atoms with van der Waals surface area (Å²) >= 11 is 3.44. The molecule has 0 unspecified atom stereocenters. The van der Waals surface area contributed by atoms with Gasteiger partial charge in [0.2, 0.25) is 17.8 Å². The highest BCUT2D eigenvalue weighted by Crippen LogP contribution is 2.23. The third-order valence-corrected chi connectivity index (χ3v) is 5.63. The maximum absolute atomic E-state index is 10.9. The van der Waals surface area contributed by atoms with Gasteiger partial charge in [-0.25, -0.2) is 5.43 Å². The van der Waals surface area contributed by atoms with Crippen LogP contribution in [0.25, 0.3) is 0 Å². The lowest BCUT2D eigenvalue weighted by Gasteiger charge is -2.22. The van der Waals surface area contributed by atoms with Crippen molar-refractivity contribution >= 4 is 51.4 Å². The van der Waals surface area contributed by atoms with Gasteiger partial charge in [-0.1, -0.05) is 47.3 Å². The molecule has 170 valence electrons. The van der Waals surface area contributed by atoms with Crippen molar-refractivity contribution in [2.45, 2.75) is 38.1 Å². The normalized spacial score (nSPS) is 14.2. The molecular formula is C22H23BrN8O2. The Morgan fingerprint density at radius 2 is 1.73 bits per heavy atom. The van der Waals surface area contributed by atoms with E-state index >= 15 is 0 Å². The van der Waals surface area contributed by atoms with E-state index in [1.165, 1.54) is 31.4 Å². The van der Waals surface area contributed by atoms with E-state index in [0.717, 1.165) is 22.9 Å². The number of anilines is 4. The number of aromatic nitrogens is 3. The maximum atomic E-state index is 10.9. The summed E-state index contributed by atoms with van der Waals surface area (Å²) in [6.07, 6.45) is 7.42. The van der Waals surface area contributed by atoms with Gasteiger partial charge in [-0.3, -0.25) is 10.1 Å². The molecule has 1 aliphatic carbocycles. The zero-order valence-electron chi connectivity index (χ0n) is 17.7. The smallest absolute Gasteiger partial charge is 0.269 e. The molecule has 1 aliphatic rings. The molecule has 0 radical (unpaired) electrons. The molecule has 3 N–H and O–H groups in total. The van der Waals surface area contributed by atoms with Gasteiger partial charge in [0, 0.05) is 28.3 Å². The van der Waals surface area contributed by atoms with E-state index in [4.69, 9.17) is 0 Å². The summed E-state index contributed by atoms with van der Waals surface area (Å²) < 4.78 is 0.958. The molecular weight excluding hydrogens is 488 g/mol. The average molecular weight is 511 g/mol. The fourth-order valence-electron chi connectivity index (χ4n) is 3.52. The summed E-state index contributed by atoms with van der Waals surface area (Å²) in [5, 5.41) is 21.6. The first kappa shape index (κ1) is 22.6. The summed E-state index contributed by atoms with van der Waals surface area (Å²) in [5.74, 6) is 1.03. The standard InChI is InChI=1S/C22H23BrN8O2/c23-16-6-4-5-15(13-16)14-24-30-22-28-20(25-17-7-2-1-3-8-17)27-21(29-22)26-18-9-11-19(12-10-18)31(32)33/h4-6,9-14,17H,1-3,7-8H2,(H3,25,26,27,28,29,30). The summed E-state index contributed by atoms with van der Waals surface area (Å²) in [5.41, 5.74) is 4.41. The van der Waals surface area contributed by atoms with Gasteiger partial charge in [0.15, 0.2) is 0 Å². The quantitative estimate of drug-likeness (QED) is 0.206. The summed E-state index contributed by atoms with van der Waals surface area (Å²) in [6.45, 7) is 0. The number of nitrogens with zero attached hydrogens (tertiary/aromatic N) is 5. The highest BCUT2D eigenvalue weighted by atomic mass is 79.9. The van der Waals surface area contributed by atoms with E-state index in [-0.39, 0.29) is 11.6 Å². The number of nitrogens with one attached hydrogen (secondary N) is 3. The van der Waals surface area contributed by atoms with Crippen LogP contribution in [0.4, 0.5) is 29.2 Å². The van der Waals surface area contributed by atoms with Crippen LogP contribution >= 0.6 is 15.9 Å². The van der Waals surface area contributed by atoms with Crippen molar-refractivity contribution in [3.05, 3.63) is 68.7 Å². The lowest BCUT2D eigenvalue weighted by molar-refractivity contribution is -0.384. The zero-order chi connectivity index (χ0) is 23.0. The molecule has 10 nitrogen and oxygen atoms in total. The Balaban J connectivity index is 1.53. The van der Waals surface area contributed by atoms with Gasteiger partial charge in [-0.15, -0.1) is 0 Å². The second-order valence-electron chi connectivity index (χ2n) is 7.64. The van der Waals surface area contributed by atoms with E-state index in [1.54, 1.807) is 18.3 Å². The van der Waals surface area contributed by atoms with Gasteiger partial charge in [0.1, 0.15) is 0 Å². The molecule has 3 aromatic rings. The van der Waals surface area contributed by atoms with E-state index in [2.05, 4.69) is 52.0 Å². The SMILES string of the molecule is O=[N+]([O-])c1ccc(Nc2nc(NN=Cc3cccc(Br)c3)nc(NC3CCCCC3)n2)cc1. The number of nitro groups is 1. The number of halogens is 1. The number of benzene rings is 2. The topological polar surface area (TPSA) is 130 Å². The Bertz CT molecular complexity index is 1130. The van der Waals surface area contributed by atoms with E-state index in [1.807, 2.05) is 24.3 Å². The third-order valence-electron chi connectivity index (χ3n) is 5.13. The summed E-state index contributed by atoms with van der Waals surface area (Å²) in [4.78, 5) is 23.8. The second kappa shape index (κ2) is 10.8. The number of rotatable bonds is 8. The lowest BCUT2D eigenvalue weighted by atomic mass is 9.96. The van der Waals surface area contributed by atoms with E-state index in [9.17, 15) is 10.1 Å². The maximum Gasteiger partial charge on any atom is 0.269 e. The molecule has 0 amide bonds. The Hall–Kier alpha value is -3.60. The Labute approximate surface area is 199 Å². The van der Waals surface area contributed by atoms with Crippen LogP contribution in [0.3, 0.4) is 0 Å². The van der Waals surface area contributed by atoms with Crippen LogP contribution in [0.2, 0.25) is 0 Å². The molecule has 0 bridgehead atoms. The molecule has 0 saturated heterocycles. The van der Waals surface area contributed by atoms with Crippen LogP contribution in [0.5, 0.6) is 0 Å². The summed E-state index contributed by atoms with van der Waals surface area (Å²) in [6, 6.07) is 14.1. The molecule has 1 aromatic heterocycles. The number of hydrazone groups is 1. The Kier molecular flexibility index (Phi) is 7.40. The largest absolute Gasteiger partial charge is 0.351 e. The minimum Gasteiger partial charge on any atom is -0.351 e. The fourth-order valence-corrected chi connectivity index (χ4v) is 3.94. The molecule has 0 atom stereocenters. The lowest BCUT2D eigenvalue weighted by Crippen LogP contribution is -2.24. The molecule has 11 heteroatoms. The van der Waals surface area contributed by atoms with Crippen LogP contribution in [0.1, 0.15) is 37.7 Å². The first-order valence-corrected chi connectivity index (χ1v) is 11.4. The van der Waals surface area contributed by atoms with Crippen LogP contribution < -0.4 is 16.1 Å². The molecule has 1 fully saturated rings. The van der Waals surface area contributed by atoms with Crippen LogP contribution in [0.15, 0.2) is 58.1 Å². The Morgan fingerprint density at radius 1 is 1.00 bits per heavy atom. The van der Waals surface area contributed by atoms with Crippen LogP contribution in [-0.4, -0.2) is 32.1 Å². The minimum atomic E-state index is -0.440. The molecule has 1 heterocycles. The van der Waals surface area contributed by atoms with Crippen LogP contribution in [0, 0.1) is 10.1 Å². The van der Waals surface area contributed by atoms with Crippen molar-refractivity contribution < 1.29 is 4.92 Å². The predicted octanol–water partition coefficient (Wildman–Crippen LogP) is 5.48. The zero-order valence-corrected chi connectivity index (χ0v) is 19.3. The van der Waals surface area contributed by atoms with Crippen molar-refractivity contribution in [1.29, 1.82) is 0 Å². The summed E-state index contributed by atoms with van der Waals surface area (Å²) in [7, 11) is 0. The fraction of sp³-hybridized carbons (Fsp3) is 0.273.